The van der Waals surface area contributed by atoms with Crippen LogP contribution in [0.25, 0.3) is 0 Å². The number of anilines is 2. The third-order valence-corrected chi connectivity index (χ3v) is 3.15. The number of hydrogen-bond donors (Lipinski definition) is 2. The summed E-state index contributed by atoms with van der Waals surface area (Å²) >= 11 is 1.64. The van der Waals surface area contributed by atoms with Crippen LogP contribution < -0.4 is 10.6 Å². The Morgan fingerprint density at radius 2 is 2.17 bits per heavy atom. The van der Waals surface area contributed by atoms with Gasteiger partial charge in [-0.05, 0) is 25.1 Å². The van der Waals surface area contributed by atoms with Crippen LogP contribution >= 0.6 is 11.3 Å². The largest absolute Gasteiger partial charge is 0.379 e. The Labute approximate surface area is 110 Å². The van der Waals surface area contributed by atoms with E-state index >= 15 is 0 Å². The second-order valence-electron chi connectivity index (χ2n) is 3.97. The summed E-state index contributed by atoms with van der Waals surface area (Å²) in [5, 5.41) is 9.15. The monoisotopic (exact) mass is 261 g/mol. The van der Waals surface area contributed by atoms with Gasteiger partial charge in [0.2, 0.25) is 5.91 Å². The summed E-state index contributed by atoms with van der Waals surface area (Å²) in [6.45, 7) is 4.18. The molecule has 18 heavy (non-hydrogen) atoms. The van der Waals surface area contributed by atoms with Crippen molar-refractivity contribution >= 4 is 28.6 Å². The Morgan fingerprint density at radius 3 is 2.83 bits per heavy atom. The minimum Gasteiger partial charge on any atom is -0.379 e. The number of nitrogens with zero attached hydrogens (tertiary/aromatic N) is 1. The number of hydrogen-bond acceptors (Lipinski definition) is 4. The Bertz CT molecular complexity index is 551. The molecule has 0 aliphatic heterocycles. The number of aryl methyl sites for hydroxylation is 1. The summed E-state index contributed by atoms with van der Waals surface area (Å²) in [5.41, 5.74) is 2.79. The lowest BCUT2D eigenvalue weighted by Gasteiger charge is -2.07. The van der Waals surface area contributed by atoms with Crippen molar-refractivity contribution in [3.05, 3.63) is 40.3 Å². The Balaban J connectivity index is 1.98. The first kappa shape index (κ1) is 12.6. The molecule has 2 aromatic rings. The fourth-order valence-corrected chi connectivity index (χ4v) is 2.20. The molecule has 0 saturated heterocycles. The molecule has 4 nitrogen and oxygen atoms in total. The van der Waals surface area contributed by atoms with Crippen molar-refractivity contribution in [2.75, 3.05) is 10.6 Å². The van der Waals surface area contributed by atoms with Gasteiger partial charge in [0.25, 0.3) is 0 Å². The first-order chi connectivity index (χ1) is 8.63. The smallest absolute Gasteiger partial charge is 0.221 e. The summed E-state index contributed by atoms with van der Waals surface area (Å²) in [7, 11) is 0. The van der Waals surface area contributed by atoms with E-state index in [-0.39, 0.29) is 5.91 Å². The quantitative estimate of drug-likeness (QED) is 0.889. The molecule has 0 radical (unpaired) electrons. The maximum absolute atomic E-state index is 11.0. The van der Waals surface area contributed by atoms with Crippen LogP contribution in [0.1, 0.15) is 17.6 Å². The van der Waals surface area contributed by atoms with Crippen molar-refractivity contribution in [3.8, 4) is 0 Å². The van der Waals surface area contributed by atoms with Crippen molar-refractivity contribution in [3.63, 3.8) is 0 Å². The zero-order valence-corrected chi connectivity index (χ0v) is 11.2. The molecule has 94 valence electrons. The fourth-order valence-electron chi connectivity index (χ4n) is 1.59. The highest BCUT2D eigenvalue weighted by Gasteiger charge is 2.00. The third-order valence-electron chi connectivity index (χ3n) is 2.32. The zero-order valence-electron chi connectivity index (χ0n) is 10.4. The van der Waals surface area contributed by atoms with E-state index in [2.05, 4.69) is 15.6 Å². The van der Waals surface area contributed by atoms with Gasteiger partial charge in [0.1, 0.15) is 0 Å². The molecule has 0 atom stereocenters. The molecule has 2 N–H and O–H groups in total. The molecule has 1 aromatic heterocycles. The summed E-state index contributed by atoms with van der Waals surface area (Å²) in [6, 6.07) is 7.63. The van der Waals surface area contributed by atoms with E-state index in [0.717, 1.165) is 22.1 Å². The van der Waals surface area contributed by atoms with Gasteiger partial charge < -0.3 is 10.6 Å². The van der Waals surface area contributed by atoms with Crippen LogP contribution in [0.3, 0.4) is 0 Å². The average Bonchev–Trinajstić information content (AvgIpc) is 2.72. The van der Waals surface area contributed by atoms with Gasteiger partial charge in [-0.25, -0.2) is 4.98 Å². The van der Waals surface area contributed by atoms with Gasteiger partial charge in [-0.3, -0.25) is 4.79 Å². The highest BCUT2D eigenvalue weighted by Crippen LogP contribution is 2.16. The average molecular weight is 261 g/mol. The number of benzene rings is 1. The van der Waals surface area contributed by atoms with Gasteiger partial charge in [-0.15, -0.1) is 11.3 Å². The van der Waals surface area contributed by atoms with Gasteiger partial charge in [0, 0.05) is 23.7 Å². The molecule has 0 bridgehead atoms. The first-order valence-corrected chi connectivity index (χ1v) is 6.54. The Morgan fingerprint density at radius 1 is 1.39 bits per heavy atom. The van der Waals surface area contributed by atoms with Crippen molar-refractivity contribution in [2.45, 2.75) is 20.4 Å². The third kappa shape index (κ3) is 3.56. The fraction of sp³-hybridized carbons (Fsp3) is 0.231. The van der Waals surface area contributed by atoms with E-state index in [1.165, 1.54) is 6.92 Å². The number of carbonyl (C=O) groups excluding carboxylic acids is 1. The number of carbonyl (C=O) groups is 1. The Kier molecular flexibility index (Phi) is 3.94. The van der Waals surface area contributed by atoms with Gasteiger partial charge >= 0.3 is 0 Å². The summed E-state index contributed by atoms with van der Waals surface area (Å²) in [4.78, 5) is 15.3. The van der Waals surface area contributed by atoms with Crippen molar-refractivity contribution in [2.24, 2.45) is 0 Å². The molecule has 1 aromatic carbocycles. The van der Waals surface area contributed by atoms with Crippen LogP contribution in [0.15, 0.2) is 29.6 Å². The van der Waals surface area contributed by atoms with Crippen LogP contribution in [0, 0.1) is 6.92 Å². The molecule has 1 heterocycles. The molecule has 0 saturated carbocycles. The number of aromatic nitrogens is 1. The lowest BCUT2D eigenvalue weighted by atomic mass is 10.2. The number of nitrogens with one attached hydrogen (secondary N) is 2. The SMILES string of the molecule is CC(=O)Nc1cccc(NCc2csc(C)n2)c1. The predicted molar refractivity (Wildman–Crippen MR) is 74.9 cm³/mol. The lowest BCUT2D eigenvalue weighted by molar-refractivity contribution is -0.114. The summed E-state index contributed by atoms with van der Waals surface area (Å²) in [5.74, 6) is -0.0673. The molecular formula is C13H15N3OS. The van der Waals surface area contributed by atoms with Crippen molar-refractivity contribution in [1.82, 2.24) is 4.98 Å². The zero-order chi connectivity index (χ0) is 13.0. The molecule has 0 aliphatic rings. The summed E-state index contributed by atoms with van der Waals surface area (Å²) < 4.78 is 0. The van der Waals surface area contributed by atoms with Crippen molar-refractivity contribution in [1.29, 1.82) is 0 Å². The van der Waals surface area contributed by atoms with E-state index < -0.39 is 0 Å². The highest BCUT2D eigenvalue weighted by molar-refractivity contribution is 7.09. The second kappa shape index (κ2) is 5.64. The van der Waals surface area contributed by atoms with E-state index in [0.29, 0.717) is 6.54 Å². The number of rotatable bonds is 4. The second-order valence-corrected chi connectivity index (χ2v) is 5.04. The maximum atomic E-state index is 11.0. The van der Waals surface area contributed by atoms with E-state index in [1.807, 2.05) is 36.6 Å². The number of thiazole rings is 1. The molecule has 1 amide bonds. The minimum absolute atomic E-state index is 0.0673. The topological polar surface area (TPSA) is 54.0 Å². The first-order valence-electron chi connectivity index (χ1n) is 5.66. The number of amides is 1. The molecule has 5 heteroatoms. The lowest BCUT2D eigenvalue weighted by Crippen LogP contribution is -2.06. The Hall–Kier alpha value is -1.88. The van der Waals surface area contributed by atoms with E-state index in [4.69, 9.17) is 0 Å². The predicted octanol–water partition coefficient (Wildman–Crippen LogP) is 3.02. The van der Waals surface area contributed by atoms with Gasteiger partial charge in [-0.1, -0.05) is 6.07 Å². The molecular weight excluding hydrogens is 246 g/mol. The minimum atomic E-state index is -0.0673. The van der Waals surface area contributed by atoms with Crippen LogP contribution in [0.4, 0.5) is 11.4 Å². The highest BCUT2D eigenvalue weighted by atomic mass is 32.1. The molecule has 0 aliphatic carbocycles. The maximum Gasteiger partial charge on any atom is 0.221 e. The van der Waals surface area contributed by atoms with Crippen LogP contribution in [-0.2, 0) is 11.3 Å². The van der Waals surface area contributed by atoms with E-state index in [1.54, 1.807) is 11.3 Å². The standard InChI is InChI=1S/C13H15N3OS/c1-9(17)15-12-5-3-4-11(6-12)14-7-13-8-18-10(2)16-13/h3-6,8,14H,7H2,1-2H3,(H,15,17). The van der Waals surface area contributed by atoms with Gasteiger partial charge in [0.15, 0.2) is 0 Å². The van der Waals surface area contributed by atoms with Crippen LogP contribution in [0.2, 0.25) is 0 Å². The van der Waals surface area contributed by atoms with Gasteiger partial charge in [-0.2, -0.15) is 0 Å². The summed E-state index contributed by atoms with van der Waals surface area (Å²) in [6.07, 6.45) is 0. The molecule has 2 rings (SSSR count). The molecule has 0 spiro atoms. The van der Waals surface area contributed by atoms with Crippen LogP contribution in [-0.4, -0.2) is 10.9 Å². The molecule has 0 unspecified atom stereocenters. The van der Waals surface area contributed by atoms with E-state index in [9.17, 15) is 4.79 Å². The normalized spacial score (nSPS) is 10.1. The van der Waals surface area contributed by atoms with Crippen molar-refractivity contribution < 1.29 is 4.79 Å². The molecule has 0 fully saturated rings. The van der Waals surface area contributed by atoms with Gasteiger partial charge in [0.05, 0.1) is 17.2 Å². The van der Waals surface area contributed by atoms with Crippen LogP contribution in [0.5, 0.6) is 0 Å².